The first-order chi connectivity index (χ1) is 8.99. The van der Waals surface area contributed by atoms with E-state index in [4.69, 9.17) is 4.74 Å². The molecule has 0 bridgehead atoms. The Morgan fingerprint density at radius 2 is 2.21 bits per heavy atom. The lowest BCUT2D eigenvalue weighted by Crippen LogP contribution is -2.25. The molecule has 1 atom stereocenters. The third-order valence-corrected chi connectivity index (χ3v) is 3.81. The van der Waals surface area contributed by atoms with E-state index in [-0.39, 0.29) is 16.3 Å². The largest absolute Gasteiger partial charge is 0.497 e. The van der Waals surface area contributed by atoms with Gasteiger partial charge < -0.3 is 9.64 Å². The van der Waals surface area contributed by atoms with Crippen LogP contribution < -0.4 is 9.64 Å². The highest BCUT2D eigenvalue weighted by Gasteiger charge is 2.32. The number of anilines is 1. The van der Waals surface area contributed by atoms with Gasteiger partial charge >= 0.3 is 0 Å². The first kappa shape index (κ1) is 13.9. The van der Waals surface area contributed by atoms with Gasteiger partial charge in [0.2, 0.25) is 5.91 Å². The molecule has 0 aliphatic carbocycles. The molecule has 0 radical (unpaired) electrons. The molecular formula is C13H14FNO3S. The number of nitrogens with zero attached hydrogens (tertiary/aromatic N) is 1. The van der Waals surface area contributed by atoms with Crippen molar-refractivity contribution in [3.05, 3.63) is 24.0 Å². The van der Waals surface area contributed by atoms with Crippen LogP contribution in [-0.4, -0.2) is 29.9 Å². The second-order valence-electron chi connectivity index (χ2n) is 4.29. The Labute approximate surface area is 114 Å². The lowest BCUT2D eigenvalue weighted by Gasteiger charge is -2.17. The maximum atomic E-state index is 13.4. The number of carbonyl (C=O) groups is 2. The molecule has 1 fully saturated rings. The molecule has 6 heteroatoms. The van der Waals surface area contributed by atoms with Crippen LogP contribution in [0.1, 0.15) is 13.3 Å². The molecule has 0 saturated carbocycles. The van der Waals surface area contributed by atoms with Crippen LogP contribution in [0.4, 0.5) is 10.1 Å². The van der Waals surface area contributed by atoms with Crippen molar-refractivity contribution in [1.82, 2.24) is 0 Å². The molecule has 1 saturated heterocycles. The van der Waals surface area contributed by atoms with Crippen LogP contribution in [0.25, 0.3) is 0 Å². The molecular weight excluding hydrogens is 269 g/mol. The number of halogens is 1. The maximum absolute atomic E-state index is 13.4. The molecule has 19 heavy (non-hydrogen) atoms. The number of hydrogen-bond donors (Lipinski definition) is 0. The second-order valence-corrected chi connectivity index (χ2v) is 5.77. The van der Waals surface area contributed by atoms with E-state index in [2.05, 4.69) is 0 Å². The topological polar surface area (TPSA) is 46.6 Å². The molecule has 0 spiro atoms. The Kier molecular flexibility index (Phi) is 4.09. The average Bonchev–Trinajstić information content (AvgIpc) is 2.68. The van der Waals surface area contributed by atoms with Crippen molar-refractivity contribution in [3.63, 3.8) is 0 Å². The van der Waals surface area contributed by atoms with Crippen LogP contribution in [0, 0.1) is 5.82 Å². The summed E-state index contributed by atoms with van der Waals surface area (Å²) in [5, 5.41) is -0.0873. The molecule has 0 aromatic heterocycles. The molecule has 0 N–H and O–H groups in total. The Hall–Kier alpha value is -1.56. The summed E-state index contributed by atoms with van der Waals surface area (Å²) in [6, 6.07) is 4.16. The van der Waals surface area contributed by atoms with E-state index in [0.29, 0.717) is 24.4 Å². The zero-order valence-electron chi connectivity index (χ0n) is 10.7. The molecule has 1 aliphatic rings. The van der Waals surface area contributed by atoms with Crippen LogP contribution in [0.2, 0.25) is 0 Å². The van der Waals surface area contributed by atoms with Gasteiger partial charge in [0.15, 0.2) is 5.12 Å². The molecule has 4 nitrogen and oxygen atoms in total. The van der Waals surface area contributed by atoms with Crippen molar-refractivity contribution < 1.29 is 18.7 Å². The minimum Gasteiger partial charge on any atom is -0.497 e. The van der Waals surface area contributed by atoms with E-state index < -0.39 is 5.82 Å². The normalized spacial score (nSPS) is 18.8. The fourth-order valence-electron chi connectivity index (χ4n) is 2.06. The van der Waals surface area contributed by atoms with Gasteiger partial charge in [0.1, 0.15) is 11.6 Å². The molecule has 1 heterocycles. The number of benzene rings is 1. The Morgan fingerprint density at radius 3 is 2.84 bits per heavy atom. The van der Waals surface area contributed by atoms with Crippen LogP contribution >= 0.6 is 11.8 Å². The Morgan fingerprint density at radius 1 is 1.47 bits per heavy atom. The third-order valence-electron chi connectivity index (χ3n) is 2.83. The Bertz CT molecular complexity index is 521. The van der Waals surface area contributed by atoms with Crippen LogP contribution in [-0.2, 0) is 9.59 Å². The Balaban J connectivity index is 2.20. The highest BCUT2D eigenvalue weighted by atomic mass is 32.2. The van der Waals surface area contributed by atoms with Gasteiger partial charge in [-0.05, 0) is 6.07 Å². The van der Waals surface area contributed by atoms with Crippen molar-refractivity contribution >= 4 is 28.5 Å². The SMILES string of the molecule is COc1cc(F)cc(N2CC(SC(C)=O)CC2=O)c1. The standard InChI is InChI=1S/C13H14FNO3S/c1-8(16)19-12-6-13(17)15(7-12)10-3-9(14)4-11(5-10)18-2/h3-5,12H,6-7H2,1-2H3. The van der Waals surface area contributed by atoms with E-state index in [1.54, 1.807) is 6.07 Å². The number of amides is 1. The number of methoxy groups -OCH3 is 1. The van der Waals surface area contributed by atoms with E-state index in [0.717, 1.165) is 11.8 Å². The van der Waals surface area contributed by atoms with E-state index in [1.807, 2.05) is 0 Å². The van der Waals surface area contributed by atoms with Gasteiger partial charge in [-0.25, -0.2) is 4.39 Å². The molecule has 1 aromatic rings. The number of thioether (sulfide) groups is 1. The summed E-state index contributed by atoms with van der Waals surface area (Å²) in [6.45, 7) is 1.89. The predicted molar refractivity (Wildman–Crippen MR) is 72.0 cm³/mol. The fourth-order valence-corrected chi connectivity index (χ4v) is 2.98. The van der Waals surface area contributed by atoms with Gasteiger partial charge in [-0.1, -0.05) is 11.8 Å². The van der Waals surface area contributed by atoms with E-state index >= 15 is 0 Å². The lowest BCUT2D eigenvalue weighted by molar-refractivity contribution is -0.117. The summed E-state index contributed by atoms with van der Waals surface area (Å²) < 4.78 is 18.4. The van der Waals surface area contributed by atoms with Gasteiger partial charge in [0.25, 0.3) is 0 Å². The maximum Gasteiger partial charge on any atom is 0.228 e. The fraction of sp³-hybridized carbons (Fsp3) is 0.385. The molecule has 1 amide bonds. The minimum atomic E-state index is -0.454. The molecule has 1 unspecified atom stereocenters. The summed E-state index contributed by atoms with van der Waals surface area (Å²) in [5.41, 5.74) is 0.466. The van der Waals surface area contributed by atoms with Gasteiger partial charge in [-0.2, -0.15) is 0 Å². The average molecular weight is 283 g/mol. The van der Waals surface area contributed by atoms with Gasteiger partial charge in [-0.15, -0.1) is 0 Å². The summed E-state index contributed by atoms with van der Waals surface area (Å²) >= 11 is 1.15. The monoisotopic (exact) mass is 283 g/mol. The van der Waals surface area contributed by atoms with Gasteiger partial charge in [-0.3, -0.25) is 9.59 Å². The highest BCUT2D eigenvalue weighted by Crippen LogP contribution is 2.31. The van der Waals surface area contributed by atoms with E-state index in [9.17, 15) is 14.0 Å². The zero-order chi connectivity index (χ0) is 14.0. The number of hydrogen-bond acceptors (Lipinski definition) is 4. The minimum absolute atomic E-state index is 0.0172. The zero-order valence-corrected chi connectivity index (χ0v) is 11.5. The van der Waals surface area contributed by atoms with Crippen molar-refractivity contribution in [2.45, 2.75) is 18.6 Å². The van der Waals surface area contributed by atoms with Crippen molar-refractivity contribution in [2.75, 3.05) is 18.6 Å². The quantitative estimate of drug-likeness (QED) is 0.853. The smallest absolute Gasteiger partial charge is 0.228 e. The number of carbonyl (C=O) groups excluding carboxylic acids is 2. The van der Waals surface area contributed by atoms with Crippen LogP contribution in [0.15, 0.2) is 18.2 Å². The number of rotatable bonds is 3. The molecule has 1 aromatic carbocycles. The molecule has 1 aliphatic heterocycles. The van der Waals surface area contributed by atoms with Crippen molar-refractivity contribution in [1.29, 1.82) is 0 Å². The lowest BCUT2D eigenvalue weighted by atomic mass is 10.2. The first-order valence-electron chi connectivity index (χ1n) is 5.81. The summed E-state index contributed by atoms with van der Waals surface area (Å²) in [5.74, 6) is -0.193. The second kappa shape index (κ2) is 5.61. The van der Waals surface area contributed by atoms with E-state index in [1.165, 1.54) is 31.1 Å². The van der Waals surface area contributed by atoms with Gasteiger partial charge in [0.05, 0.1) is 12.8 Å². The molecule has 2 rings (SSSR count). The first-order valence-corrected chi connectivity index (χ1v) is 6.69. The highest BCUT2D eigenvalue weighted by molar-refractivity contribution is 8.14. The van der Waals surface area contributed by atoms with Crippen molar-refractivity contribution in [2.24, 2.45) is 0 Å². The predicted octanol–water partition coefficient (Wildman–Crippen LogP) is 2.22. The number of ether oxygens (including phenoxy) is 1. The van der Waals surface area contributed by atoms with Crippen LogP contribution in [0.3, 0.4) is 0 Å². The summed E-state index contributed by atoms with van der Waals surface area (Å²) in [4.78, 5) is 24.5. The summed E-state index contributed by atoms with van der Waals surface area (Å²) in [7, 11) is 1.44. The summed E-state index contributed by atoms with van der Waals surface area (Å²) in [6.07, 6.45) is 0.295. The van der Waals surface area contributed by atoms with Gasteiger partial charge in [0, 0.05) is 37.3 Å². The van der Waals surface area contributed by atoms with Crippen molar-refractivity contribution in [3.8, 4) is 5.75 Å². The third kappa shape index (κ3) is 3.26. The van der Waals surface area contributed by atoms with Crippen LogP contribution in [0.5, 0.6) is 5.75 Å². The molecule has 102 valence electrons.